The minimum absolute atomic E-state index is 0.136. The van der Waals surface area contributed by atoms with Crippen molar-refractivity contribution in [2.24, 2.45) is 0 Å². The molecule has 1 aliphatic rings. The highest BCUT2D eigenvalue weighted by Gasteiger charge is 2.25. The number of nitrogens with one attached hydrogen (secondary N) is 1. The molecule has 18 heavy (non-hydrogen) atoms. The van der Waals surface area contributed by atoms with Crippen molar-refractivity contribution < 1.29 is 14.6 Å². The molecular formula is C14H21NO3. The van der Waals surface area contributed by atoms with Crippen molar-refractivity contribution >= 4 is 0 Å². The zero-order chi connectivity index (χ0) is 12.8. The van der Waals surface area contributed by atoms with Crippen LogP contribution in [0.4, 0.5) is 0 Å². The van der Waals surface area contributed by atoms with Crippen LogP contribution in [-0.4, -0.2) is 38.0 Å². The van der Waals surface area contributed by atoms with Crippen LogP contribution in [0.2, 0.25) is 0 Å². The Bertz CT molecular complexity index is 364. The van der Waals surface area contributed by atoms with E-state index in [-0.39, 0.29) is 6.04 Å². The van der Waals surface area contributed by atoms with Crippen LogP contribution in [-0.2, 0) is 4.74 Å². The van der Waals surface area contributed by atoms with Crippen molar-refractivity contribution in [3.8, 4) is 5.75 Å². The number of para-hydroxylation sites is 1. The highest BCUT2D eigenvalue weighted by Crippen LogP contribution is 2.30. The summed E-state index contributed by atoms with van der Waals surface area (Å²) in [5.41, 5.74) is 0.855. The van der Waals surface area contributed by atoms with E-state index in [1.54, 1.807) is 7.11 Å². The molecule has 0 bridgehead atoms. The summed E-state index contributed by atoms with van der Waals surface area (Å²) in [6.07, 6.45) is 1.62. The maximum Gasteiger partial charge on any atom is 0.125 e. The van der Waals surface area contributed by atoms with E-state index in [0.717, 1.165) is 30.7 Å². The second-order valence-corrected chi connectivity index (χ2v) is 4.53. The van der Waals surface area contributed by atoms with Crippen LogP contribution in [0.1, 0.15) is 24.5 Å². The first kappa shape index (κ1) is 13.3. The highest BCUT2D eigenvalue weighted by molar-refractivity contribution is 5.36. The number of rotatable bonds is 6. The number of hydrogen-bond acceptors (Lipinski definition) is 4. The van der Waals surface area contributed by atoms with E-state index in [2.05, 4.69) is 5.32 Å². The Kier molecular flexibility index (Phi) is 4.99. The highest BCUT2D eigenvalue weighted by atomic mass is 16.5. The molecule has 1 saturated heterocycles. The molecular weight excluding hydrogens is 230 g/mol. The van der Waals surface area contributed by atoms with Crippen LogP contribution in [0, 0.1) is 0 Å². The lowest BCUT2D eigenvalue weighted by molar-refractivity contribution is 0.123. The average Bonchev–Trinajstić information content (AvgIpc) is 2.93. The van der Waals surface area contributed by atoms with Gasteiger partial charge in [0.2, 0.25) is 0 Å². The molecule has 2 N–H and O–H groups in total. The molecule has 0 radical (unpaired) electrons. The van der Waals surface area contributed by atoms with Crippen molar-refractivity contribution in [3.05, 3.63) is 29.8 Å². The van der Waals surface area contributed by atoms with E-state index in [1.807, 2.05) is 24.3 Å². The van der Waals surface area contributed by atoms with Crippen LogP contribution >= 0.6 is 0 Å². The zero-order valence-corrected chi connectivity index (χ0v) is 10.8. The topological polar surface area (TPSA) is 50.7 Å². The van der Waals surface area contributed by atoms with Gasteiger partial charge in [0.05, 0.1) is 12.7 Å². The molecule has 0 saturated carbocycles. The lowest BCUT2D eigenvalue weighted by Crippen LogP contribution is -2.29. The number of aliphatic hydroxyl groups is 1. The summed E-state index contributed by atoms with van der Waals surface area (Å²) in [6, 6.07) is 7.80. The molecule has 1 fully saturated rings. The summed E-state index contributed by atoms with van der Waals surface area (Å²) in [4.78, 5) is 0. The van der Waals surface area contributed by atoms with Gasteiger partial charge in [0, 0.05) is 18.7 Å². The molecule has 100 valence electrons. The summed E-state index contributed by atoms with van der Waals surface area (Å²) in [7, 11) is 1.65. The van der Waals surface area contributed by atoms with Crippen molar-refractivity contribution in [1.82, 2.24) is 5.32 Å². The van der Waals surface area contributed by atoms with Crippen LogP contribution < -0.4 is 10.1 Å². The van der Waals surface area contributed by atoms with Gasteiger partial charge in [0.1, 0.15) is 12.4 Å². The van der Waals surface area contributed by atoms with E-state index in [0.29, 0.717) is 13.2 Å². The third kappa shape index (κ3) is 3.22. The molecule has 2 rings (SSSR count). The normalized spacial score (nSPS) is 20.9. The molecule has 1 aromatic carbocycles. The Morgan fingerprint density at radius 2 is 2.22 bits per heavy atom. The monoisotopic (exact) mass is 251 g/mol. The van der Waals surface area contributed by atoms with Crippen molar-refractivity contribution in [1.29, 1.82) is 0 Å². The van der Waals surface area contributed by atoms with Gasteiger partial charge in [-0.25, -0.2) is 0 Å². The fourth-order valence-electron chi connectivity index (χ4n) is 2.29. The van der Waals surface area contributed by atoms with Gasteiger partial charge < -0.3 is 19.9 Å². The van der Waals surface area contributed by atoms with Crippen LogP contribution in [0.25, 0.3) is 0 Å². The Hall–Kier alpha value is -1.10. The quantitative estimate of drug-likeness (QED) is 0.752. The maximum absolute atomic E-state index is 10.4. The standard InChI is InChI=1S/C14H21NO3/c1-17-9-10-18-13-7-3-2-5-11(13)14(16)12-6-4-8-15-12/h2-3,5,7,12,14-16H,4,6,8-10H2,1H3. The van der Waals surface area contributed by atoms with Crippen LogP contribution in [0.15, 0.2) is 24.3 Å². The average molecular weight is 251 g/mol. The number of benzene rings is 1. The van der Waals surface area contributed by atoms with E-state index >= 15 is 0 Å². The van der Waals surface area contributed by atoms with E-state index < -0.39 is 6.10 Å². The van der Waals surface area contributed by atoms with Gasteiger partial charge >= 0.3 is 0 Å². The Morgan fingerprint density at radius 3 is 2.94 bits per heavy atom. The number of methoxy groups -OCH3 is 1. The second-order valence-electron chi connectivity index (χ2n) is 4.53. The zero-order valence-electron chi connectivity index (χ0n) is 10.8. The molecule has 1 heterocycles. The van der Waals surface area contributed by atoms with Crippen LogP contribution in [0.3, 0.4) is 0 Å². The molecule has 2 atom stereocenters. The first-order valence-electron chi connectivity index (χ1n) is 6.45. The predicted molar refractivity (Wildman–Crippen MR) is 69.8 cm³/mol. The van der Waals surface area contributed by atoms with Crippen molar-refractivity contribution in [3.63, 3.8) is 0 Å². The lowest BCUT2D eigenvalue weighted by Gasteiger charge is -2.21. The minimum Gasteiger partial charge on any atom is -0.491 e. The van der Waals surface area contributed by atoms with Gasteiger partial charge in [-0.1, -0.05) is 18.2 Å². The largest absolute Gasteiger partial charge is 0.491 e. The van der Waals surface area contributed by atoms with Gasteiger partial charge in [-0.15, -0.1) is 0 Å². The van der Waals surface area contributed by atoms with Gasteiger partial charge in [-0.3, -0.25) is 0 Å². The number of hydrogen-bond donors (Lipinski definition) is 2. The Balaban J connectivity index is 2.05. The molecule has 0 aromatic heterocycles. The molecule has 1 aliphatic heterocycles. The molecule has 0 aliphatic carbocycles. The molecule has 0 spiro atoms. The first-order valence-corrected chi connectivity index (χ1v) is 6.45. The van der Waals surface area contributed by atoms with Gasteiger partial charge in [0.15, 0.2) is 0 Å². The summed E-state index contributed by atoms with van der Waals surface area (Å²) < 4.78 is 10.6. The first-order chi connectivity index (χ1) is 8.83. The summed E-state index contributed by atoms with van der Waals surface area (Å²) in [5.74, 6) is 0.746. The lowest BCUT2D eigenvalue weighted by atomic mass is 10.0. The van der Waals surface area contributed by atoms with E-state index in [4.69, 9.17) is 9.47 Å². The molecule has 4 nitrogen and oxygen atoms in total. The van der Waals surface area contributed by atoms with Gasteiger partial charge in [-0.05, 0) is 25.5 Å². The maximum atomic E-state index is 10.4. The molecule has 2 unspecified atom stereocenters. The number of ether oxygens (including phenoxy) is 2. The van der Waals surface area contributed by atoms with Gasteiger partial charge in [-0.2, -0.15) is 0 Å². The van der Waals surface area contributed by atoms with Gasteiger partial charge in [0.25, 0.3) is 0 Å². The third-order valence-electron chi connectivity index (χ3n) is 3.26. The van der Waals surface area contributed by atoms with Crippen molar-refractivity contribution in [2.75, 3.05) is 26.9 Å². The Morgan fingerprint density at radius 1 is 1.39 bits per heavy atom. The predicted octanol–water partition coefficient (Wildman–Crippen LogP) is 1.50. The Labute approximate surface area is 108 Å². The summed E-state index contributed by atoms with van der Waals surface area (Å²) in [5, 5.41) is 13.7. The summed E-state index contributed by atoms with van der Waals surface area (Å²) >= 11 is 0. The fraction of sp³-hybridized carbons (Fsp3) is 0.571. The SMILES string of the molecule is COCCOc1ccccc1C(O)C1CCCN1. The van der Waals surface area contributed by atoms with Crippen molar-refractivity contribution in [2.45, 2.75) is 25.0 Å². The van der Waals surface area contributed by atoms with E-state index in [1.165, 1.54) is 0 Å². The third-order valence-corrected chi connectivity index (χ3v) is 3.26. The molecule has 4 heteroatoms. The molecule has 1 aromatic rings. The second kappa shape index (κ2) is 6.73. The van der Waals surface area contributed by atoms with E-state index in [9.17, 15) is 5.11 Å². The minimum atomic E-state index is -0.508. The number of aliphatic hydroxyl groups excluding tert-OH is 1. The smallest absolute Gasteiger partial charge is 0.125 e. The molecule has 0 amide bonds. The van der Waals surface area contributed by atoms with Crippen LogP contribution in [0.5, 0.6) is 5.75 Å². The fourth-order valence-corrected chi connectivity index (χ4v) is 2.29. The summed E-state index contributed by atoms with van der Waals surface area (Å²) in [6.45, 7) is 2.03.